The molecule has 1 N–H and O–H groups in total. The summed E-state index contributed by atoms with van der Waals surface area (Å²) in [6.07, 6.45) is 0.0350. The predicted octanol–water partition coefficient (Wildman–Crippen LogP) is 2.97. The molecule has 0 bridgehead atoms. The molecule has 1 aliphatic rings. The molecule has 0 aliphatic carbocycles. The molecule has 0 aromatic heterocycles. The van der Waals surface area contributed by atoms with Crippen LogP contribution in [0.2, 0.25) is 0 Å². The molecule has 0 saturated carbocycles. The highest BCUT2D eigenvalue weighted by Crippen LogP contribution is 2.40. The van der Waals surface area contributed by atoms with Crippen molar-refractivity contribution in [3.8, 4) is 23.0 Å². The summed E-state index contributed by atoms with van der Waals surface area (Å²) in [7, 11) is 6.42. The number of piperazine rings is 1. The van der Waals surface area contributed by atoms with Crippen molar-refractivity contribution in [2.24, 2.45) is 0 Å². The Labute approximate surface area is 178 Å². The second-order valence-corrected chi connectivity index (χ2v) is 7.29. The fourth-order valence-electron chi connectivity index (χ4n) is 3.80. The van der Waals surface area contributed by atoms with Crippen LogP contribution in [0, 0.1) is 0 Å². The number of benzene rings is 2. The minimum atomic E-state index is -0.602. The van der Waals surface area contributed by atoms with Gasteiger partial charge in [0.2, 0.25) is 5.75 Å². The largest absolute Gasteiger partial charge is 0.497 e. The van der Waals surface area contributed by atoms with Crippen LogP contribution in [0.4, 0.5) is 5.69 Å². The summed E-state index contributed by atoms with van der Waals surface area (Å²) in [6.45, 7) is 4.64. The van der Waals surface area contributed by atoms with Gasteiger partial charge in [0.15, 0.2) is 11.5 Å². The highest BCUT2D eigenvalue weighted by Gasteiger charge is 2.21. The van der Waals surface area contributed by atoms with Crippen molar-refractivity contribution < 1.29 is 24.1 Å². The van der Waals surface area contributed by atoms with Gasteiger partial charge >= 0.3 is 0 Å². The molecule has 7 nitrogen and oxygen atoms in total. The number of methoxy groups -OCH3 is 4. The molecule has 2 aromatic rings. The number of aliphatic hydroxyl groups excluding tert-OH is 1. The smallest absolute Gasteiger partial charge is 0.203 e. The standard InChI is InChI=1S/C23H32N2O5/c1-27-19-7-5-6-18(16-19)25-12-10-24(11-13-25)9-8-20(26)17-14-21(28-2)23(30-4)22(15-17)29-3/h5-7,14-16,20,26H,8-13H2,1-4H3. The molecule has 1 unspecified atom stereocenters. The Morgan fingerprint density at radius 2 is 1.53 bits per heavy atom. The summed E-state index contributed by atoms with van der Waals surface area (Å²) in [4.78, 5) is 4.76. The van der Waals surface area contributed by atoms with Crippen LogP contribution in [0.1, 0.15) is 18.1 Å². The first kappa shape index (κ1) is 22.1. The number of hydrogen-bond donors (Lipinski definition) is 1. The van der Waals surface area contributed by atoms with E-state index in [0.29, 0.717) is 23.7 Å². The van der Waals surface area contributed by atoms with Crippen molar-refractivity contribution in [3.63, 3.8) is 0 Å². The number of ether oxygens (including phenoxy) is 4. The Morgan fingerprint density at radius 1 is 0.867 bits per heavy atom. The normalized spacial score (nSPS) is 15.6. The lowest BCUT2D eigenvalue weighted by Crippen LogP contribution is -2.46. The zero-order valence-corrected chi connectivity index (χ0v) is 18.3. The van der Waals surface area contributed by atoms with Gasteiger partial charge < -0.3 is 29.0 Å². The SMILES string of the molecule is COc1cccc(N2CCN(CCC(O)c3cc(OC)c(OC)c(OC)c3)CC2)c1. The molecule has 2 aromatic carbocycles. The predicted molar refractivity (Wildman–Crippen MR) is 117 cm³/mol. The molecule has 1 heterocycles. The van der Waals surface area contributed by atoms with Crippen molar-refractivity contribution in [2.75, 3.05) is 66.1 Å². The molecular weight excluding hydrogens is 384 g/mol. The van der Waals surface area contributed by atoms with Gasteiger partial charge in [-0.15, -0.1) is 0 Å². The third kappa shape index (κ3) is 5.09. The Kier molecular flexibility index (Phi) is 7.65. The molecule has 164 valence electrons. The minimum Gasteiger partial charge on any atom is -0.497 e. The van der Waals surface area contributed by atoms with Gasteiger partial charge in [0.25, 0.3) is 0 Å². The first-order valence-corrected chi connectivity index (χ1v) is 10.2. The monoisotopic (exact) mass is 416 g/mol. The van der Waals surface area contributed by atoms with Gasteiger partial charge in [0.05, 0.1) is 34.5 Å². The van der Waals surface area contributed by atoms with E-state index in [1.807, 2.05) is 24.3 Å². The van der Waals surface area contributed by atoms with E-state index in [1.165, 1.54) is 5.69 Å². The molecule has 1 atom stereocenters. The third-order valence-electron chi connectivity index (χ3n) is 5.58. The van der Waals surface area contributed by atoms with Crippen molar-refractivity contribution >= 4 is 5.69 Å². The van der Waals surface area contributed by atoms with Crippen LogP contribution in [-0.2, 0) is 0 Å². The van der Waals surface area contributed by atoms with E-state index in [0.717, 1.165) is 44.0 Å². The quantitative estimate of drug-likeness (QED) is 0.674. The fraction of sp³-hybridized carbons (Fsp3) is 0.478. The highest BCUT2D eigenvalue weighted by atomic mass is 16.5. The van der Waals surface area contributed by atoms with Crippen LogP contribution in [0.5, 0.6) is 23.0 Å². The first-order valence-electron chi connectivity index (χ1n) is 10.2. The summed E-state index contributed by atoms with van der Waals surface area (Å²) < 4.78 is 21.5. The van der Waals surface area contributed by atoms with Crippen LogP contribution in [0.15, 0.2) is 36.4 Å². The summed E-state index contributed by atoms with van der Waals surface area (Å²) >= 11 is 0. The van der Waals surface area contributed by atoms with E-state index in [9.17, 15) is 5.11 Å². The Balaban J connectivity index is 1.55. The van der Waals surface area contributed by atoms with Crippen molar-refractivity contribution in [2.45, 2.75) is 12.5 Å². The van der Waals surface area contributed by atoms with E-state index < -0.39 is 6.10 Å². The summed E-state index contributed by atoms with van der Waals surface area (Å²) in [5.74, 6) is 2.52. The summed E-state index contributed by atoms with van der Waals surface area (Å²) in [6, 6.07) is 11.8. The minimum absolute atomic E-state index is 0.532. The van der Waals surface area contributed by atoms with Gasteiger partial charge in [-0.1, -0.05) is 6.07 Å². The van der Waals surface area contributed by atoms with Crippen LogP contribution < -0.4 is 23.8 Å². The van der Waals surface area contributed by atoms with Crippen molar-refractivity contribution in [1.29, 1.82) is 0 Å². The Bertz CT molecular complexity index is 796. The van der Waals surface area contributed by atoms with Gasteiger partial charge in [0, 0.05) is 44.5 Å². The van der Waals surface area contributed by atoms with E-state index in [-0.39, 0.29) is 0 Å². The van der Waals surface area contributed by atoms with Crippen LogP contribution in [-0.4, -0.2) is 71.2 Å². The second-order valence-electron chi connectivity index (χ2n) is 7.29. The molecule has 3 rings (SSSR count). The number of nitrogens with zero attached hydrogens (tertiary/aromatic N) is 2. The van der Waals surface area contributed by atoms with E-state index in [4.69, 9.17) is 18.9 Å². The average Bonchev–Trinajstić information content (AvgIpc) is 2.81. The number of aliphatic hydroxyl groups is 1. The maximum Gasteiger partial charge on any atom is 0.203 e. The van der Waals surface area contributed by atoms with E-state index >= 15 is 0 Å². The van der Waals surface area contributed by atoms with Crippen LogP contribution in [0.3, 0.4) is 0 Å². The van der Waals surface area contributed by atoms with Crippen LogP contribution in [0.25, 0.3) is 0 Å². The molecule has 0 radical (unpaired) electrons. The van der Waals surface area contributed by atoms with Crippen molar-refractivity contribution in [1.82, 2.24) is 4.90 Å². The van der Waals surface area contributed by atoms with Gasteiger partial charge in [-0.2, -0.15) is 0 Å². The van der Waals surface area contributed by atoms with Crippen molar-refractivity contribution in [3.05, 3.63) is 42.0 Å². The summed E-state index contributed by atoms with van der Waals surface area (Å²) in [5, 5.41) is 10.7. The summed E-state index contributed by atoms with van der Waals surface area (Å²) in [5.41, 5.74) is 1.95. The highest BCUT2D eigenvalue weighted by molar-refractivity contribution is 5.54. The molecule has 1 aliphatic heterocycles. The number of anilines is 1. The zero-order chi connectivity index (χ0) is 21.5. The average molecular weight is 417 g/mol. The van der Waals surface area contributed by atoms with Gasteiger partial charge in [0.1, 0.15) is 5.75 Å². The third-order valence-corrected chi connectivity index (χ3v) is 5.58. The van der Waals surface area contributed by atoms with Gasteiger partial charge in [-0.05, 0) is 36.2 Å². The maximum absolute atomic E-state index is 10.7. The topological polar surface area (TPSA) is 63.6 Å². The lowest BCUT2D eigenvalue weighted by atomic mass is 10.0. The van der Waals surface area contributed by atoms with E-state index in [1.54, 1.807) is 28.4 Å². The number of hydrogen-bond acceptors (Lipinski definition) is 7. The second kappa shape index (κ2) is 10.4. The number of rotatable bonds is 9. The van der Waals surface area contributed by atoms with E-state index in [2.05, 4.69) is 21.9 Å². The van der Waals surface area contributed by atoms with Gasteiger partial charge in [-0.25, -0.2) is 0 Å². The molecule has 0 amide bonds. The molecule has 7 heteroatoms. The zero-order valence-electron chi connectivity index (χ0n) is 18.3. The lowest BCUT2D eigenvalue weighted by molar-refractivity contribution is 0.139. The fourth-order valence-corrected chi connectivity index (χ4v) is 3.80. The molecule has 1 saturated heterocycles. The Morgan fingerprint density at radius 3 is 2.10 bits per heavy atom. The van der Waals surface area contributed by atoms with Crippen LogP contribution >= 0.6 is 0 Å². The molecule has 0 spiro atoms. The van der Waals surface area contributed by atoms with Gasteiger partial charge in [-0.3, -0.25) is 4.90 Å². The Hall–Kier alpha value is -2.64. The first-order chi connectivity index (χ1) is 14.6. The molecule has 30 heavy (non-hydrogen) atoms. The molecular formula is C23H32N2O5. The molecule has 1 fully saturated rings. The lowest BCUT2D eigenvalue weighted by Gasteiger charge is -2.36. The maximum atomic E-state index is 10.7.